The van der Waals surface area contributed by atoms with Gasteiger partial charge in [0, 0.05) is 17.6 Å². The van der Waals surface area contributed by atoms with Gasteiger partial charge in [-0.3, -0.25) is 9.59 Å². The molecule has 0 fully saturated rings. The van der Waals surface area contributed by atoms with Crippen LogP contribution in [-0.2, 0) is 9.59 Å². The number of allylic oxidation sites excluding steroid dienone is 2. The molecule has 0 bridgehead atoms. The van der Waals surface area contributed by atoms with Gasteiger partial charge in [-0.2, -0.15) is 0 Å². The van der Waals surface area contributed by atoms with E-state index in [1.54, 1.807) is 6.92 Å². The molecule has 0 atom stereocenters. The summed E-state index contributed by atoms with van der Waals surface area (Å²) in [5, 5.41) is 0. The molecule has 0 aromatic carbocycles. The smallest absolute Gasteiger partial charge is 0.167 e. The number of carbonyl (C=O) groups is 2. The van der Waals surface area contributed by atoms with Gasteiger partial charge >= 0.3 is 0 Å². The van der Waals surface area contributed by atoms with Crippen molar-refractivity contribution in [3.05, 3.63) is 11.1 Å². The minimum absolute atomic E-state index is 0.0167. The van der Waals surface area contributed by atoms with Crippen LogP contribution in [0.25, 0.3) is 0 Å². The highest BCUT2D eigenvalue weighted by Gasteiger charge is 2.26. The quantitative estimate of drug-likeness (QED) is 0.408. The lowest BCUT2D eigenvalue weighted by Gasteiger charge is -1.92. The molecule has 0 aromatic heterocycles. The fourth-order valence-corrected chi connectivity index (χ4v) is 1.10. The van der Waals surface area contributed by atoms with Crippen molar-refractivity contribution < 1.29 is 9.59 Å². The van der Waals surface area contributed by atoms with Gasteiger partial charge in [0.25, 0.3) is 0 Å². The van der Waals surface area contributed by atoms with Crippen molar-refractivity contribution in [2.45, 2.75) is 19.8 Å². The van der Waals surface area contributed by atoms with Gasteiger partial charge in [0.05, 0.1) is 6.42 Å². The highest BCUT2D eigenvalue weighted by molar-refractivity contribution is 6.22. The summed E-state index contributed by atoms with van der Waals surface area (Å²) in [6.45, 7) is 1.65. The van der Waals surface area contributed by atoms with Gasteiger partial charge in [-0.25, -0.2) is 0 Å². The summed E-state index contributed by atoms with van der Waals surface area (Å²) in [5.41, 5.74) is 1.07. The van der Waals surface area contributed by atoms with Gasteiger partial charge in [0.15, 0.2) is 11.6 Å². The second kappa shape index (κ2) is 2.71. The van der Waals surface area contributed by atoms with Crippen molar-refractivity contribution >= 4 is 11.6 Å². The van der Waals surface area contributed by atoms with Crippen LogP contribution in [0.1, 0.15) is 19.8 Å². The summed E-state index contributed by atoms with van der Waals surface area (Å²) >= 11 is 0. The SMILES string of the molecule is C#CCC1=C(C)C(=O)CC1=O. The van der Waals surface area contributed by atoms with Crippen LogP contribution in [0.15, 0.2) is 11.1 Å². The molecule has 0 heterocycles. The minimum Gasteiger partial charge on any atom is -0.294 e. The zero-order valence-corrected chi connectivity index (χ0v) is 6.31. The van der Waals surface area contributed by atoms with E-state index in [-0.39, 0.29) is 24.4 Å². The van der Waals surface area contributed by atoms with Crippen LogP contribution < -0.4 is 0 Å². The first-order valence-electron chi connectivity index (χ1n) is 3.36. The Morgan fingerprint density at radius 2 is 2.09 bits per heavy atom. The van der Waals surface area contributed by atoms with Crippen LogP contribution >= 0.6 is 0 Å². The largest absolute Gasteiger partial charge is 0.294 e. The summed E-state index contributed by atoms with van der Waals surface area (Å²) in [6.07, 6.45) is 5.34. The first-order valence-corrected chi connectivity index (χ1v) is 3.36. The molecule has 0 saturated carbocycles. The van der Waals surface area contributed by atoms with E-state index in [2.05, 4.69) is 5.92 Å². The standard InChI is InChI=1S/C9H8O2/c1-3-4-7-6(2)8(10)5-9(7)11/h1H,4-5H2,2H3. The molecule has 1 aliphatic carbocycles. The van der Waals surface area contributed by atoms with Crippen LogP contribution in [0.3, 0.4) is 0 Å². The Balaban J connectivity index is 2.99. The van der Waals surface area contributed by atoms with E-state index in [1.807, 2.05) is 0 Å². The molecule has 0 radical (unpaired) electrons. The molecule has 0 aromatic rings. The summed E-state index contributed by atoms with van der Waals surface area (Å²) in [4.78, 5) is 21.9. The Kier molecular flexibility index (Phi) is 1.91. The lowest BCUT2D eigenvalue weighted by atomic mass is 10.1. The number of rotatable bonds is 1. The Morgan fingerprint density at radius 3 is 2.45 bits per heavy atom. The van der Waals surface area contributed by atoms with Crippen LogP contribution in [-0.4, -0.2) is 11.6 Å². The molecular formula is C9H8O2. The van der Waals surface area contributed by atoms with Gasteiger partial charge in [-0.05, 0) is 6.92 Å². The average Bonchev–Trinajstić information content (AvgIpc) is 2.17. The van der Waals surface area contributed by atoms with E-state index in [1.165, 1.54) is 0 Å². The molecule has 0 amide bonds. The van der Waals surface area contributed by atoms with E-state index >= 15 is 0 Å². The average molecular weight is 148 g/mol. The summed E-state index contributed by atoms with van der Waals surface area (Å²) < 4.78 is 0. The molecule has 2 heteroatoms. The maximum Gasteiger partial charge on any atom is 0.167 e. The third-order valence-corrected chi connectivity index (χ3v) is 1.81. The second-order valence-corrected chi connectivity index (χ2v) is 2.51. The number of carbonyl (C=O) groups excluding carboxylic acids is 2. The maximum atomic E-state index is 11.0. The van der Waals surface area contributed by atoms with E-state index in [4.69, 9.17) is 6.42 Å². The molecule has 2 nitrogen and oxygen atoms in total. The number of hydrogen-bond donors (Lipinski definition) is 0. The fourth-order valence-electron chi connectivity index (χ4n) is 1.10. The second-order valence-electron chi connectivity index (χ2n) is 2.51. The first kappa shape index (κ1) is 7.74. The molecule has 56 valence electrons. The highest BCUT2D eigenvalue weighted by atomic mass is 16.2. The molecule has 0 unspecified atom stereocenters. The number of terminal acetylenes is 1. The normalized spacial score (nSPS) is 17.5. The van der Waals surface area contributed by atoms with Crippen LogP contribution in [0.4, 0.5) is 0 Å². The van der Waals surface area contributed by atoms with Crippen molar-refractivity contribution in [3.63, 3.8) is 0 Å². The lowest BCUT2D eigenvalue weighted by molar-refractivity contribution is -0.121. The minimum atomic E-state index is -0.106. The maximum absolute atomic E-state index is 11.0. The topological polar surface area (TPSA) is 34.1 Å². The Morgan fingerprint density at radius 1 is 1.45 bits per heavy atom. The summed E-state index contributed by atoms with van der Waals surface area (Å²) in [6, 6.07) is 0. The molecule has 0 saturated heterocycles. The van der Waals surface area contributed by atoms with Crippen molar-refractivity contribution in [3.8, 4) is 12.3 Å². The predicted molar refractivity (Wildman–Crippen MR) is 40.8 cm³/mol. The van der Waals surface area contributed by atoms with E-state index < -0.39 is 0 Å². The highest BCUT2D eigenvalue weighted by Crippen LogP contribution is 2.21. The van der Waals surface area contributed by atoms with Crippen molar-refractivity contribution in [2.24, 2.45) is 0 Å². The van der Waals surface area contributed by atoms with Gasteiger partial charge in [0.2, 0.25) is 0 Å². The van der Waals surface area contributed by atoms with Crippen molar-refractivity contribution in [1.29, 1.82) is 0 Å². The third-order valence-electron chi connectivity index (χ3n) is 1.81. The molecular weight excluding hydrogens is 140 g/mol. The molecule has 0 aliphatic heterocycles. The van der Waals surface area contributed by atoms with Gasteiger partial charge < -0.3 is 0 Å². The van der Waals surface area contributed by atoms with Gasteiger partial charge in [-0.15, -0.1) is 12.3 Å². The monoisotopic (exact) mass is 148 g/mol. The number of ketones is 2. The summed E-state index contributed by atoms with van der Waals surface area (Å²) in [7, 11) is 0. The van der Waals surface area contributed by atoms with E-state index in [0.717, 1.165) is 0 Å². The Labute approximate surface area is 65.3 Å². The van der Waals surface area contributed by atoms with Gasteiger partial charge in [0.1, 0.15) is 0 Å². The first-order chi connectivity index (χ1) is 5.16. The third kappa shape index (κ3) is 1.22. The molecule has 0 spiro atoms. The van der Waals surface area contributed by atoms with Crippen LogP contribution in [0, 0.1) is 12.3 Å². The molecule has 11 heavy (non-hydrogen) atoms. The van der Waals surface area contributed by atoms with Gasteiger partial charge in [-0.1, -0.05) is 0 Å². The van der Waals surface area contributed by atoms with Crippen molar-refractivity contribution in [1.82, 2.24) is 0 Å². The van der Waals surface area contributed by atoms with E-state index in [9.17, 15) is 9.59 Å². The zero-order valence-electron chi connectivity index (χ0n) is 6.31. The zero-order chi connectivity index (χ0) is 8.43. The lowest BCUT2D eigenvalue weighted by Crippen LogP contribution is -1.96. The number of hydrogen-bond acceptors (Lipinski definition) is 2. The van der Waals surface area contributed by atoms with Crippen LogP contribution in [0.5, 0.6) is 0 Å². The van der Waals surface area contributed by atoms with E-state index in [0.29, 0.717) is 11.1 Å². The Bertz CT molecular complexity index is 289. The van der Waals surface area contributed by atoms with Crippen molar-refractivity contribution in [2.75, 3.05) is 0 Å². The number of Topliss-reactive ketones (excluding diaryl/α,β-unsaturated/α-hetero) is 2. The molecule has 1 rings (SSSR count). The summed E-state index contributed by atoms with van der Waals surface area (Å²) in [5.74, 6) is 2.17. The fraction of sp³-hybridized carbons (Fsp3) is 0.333. The predicted octanol–water partition coefficient (Wildman–Crippen LogP) is 0.868. The molecule has 1 aliphatic rings. The molecule has 0 N–H and O–H groups in total. The van der Waals surface area contributed by atoms with Crippen LogP contribution in [0.2, 0.25) is 0 Å². The Hall–Kier alpha value is -1.36.